The first-order valence-corrected chi connectivity index (χ1v) is 9.64. The van der Waals surface area contributed by atoms with Gasteiger partial charge in [0, 0.05) is 18.7 Å². The number of likely N-dealkylation sites (tertiary alicyclic amines) is 1. The molecule has 1 fully saturated rings. The van der Waals surface area contributed by atoms with Crippen LogP contribution in [0.3, 0.4) is 0 Å². The van der Waals surface area contributed by atoms with E-state index in [0.29, 0.717) is 12.6 Å². The maximum absolute atomic E-state index is 12.5. The van der Waals surface area contributed by atoms with E-state index in [1.54, 1.807) is 0 Å². The van der Waals surface area contributed by atoms with Crippen LogP contribution in [0, 0.1) is 0 Å². The fraction of sp³-hybridized carbons (Fsp3) is 0.562. The van der Waals surface area contributed by atoms with Gasteiger partial charge in [0.1, 0.15) is 5.75 Å². The Kier molecular flexibility index (Phi) is 5.71. The van der Waals surface area contributed by atoms with Crippen LogP contribution in [-0.2, 0) is 9.84 Å². The standard InChI is InChI=1S/C16H25N3O4S/c1-4-24(21,22)15-8-12(14(23-3)9-13(15)17)16(20)18-10-11-6-5-7-19(11)2/h8-9,11H,4-7,10,17H2,1-3H3,(H,18,20)/t11-/m1/s1. The first-order valence-electron chi connectivity index (χ1n) is 7.98. The zero-order valence-electron chi connectivity index (χ0n) is 14.3. The lowest BCUT2D eigenvalue weighted by atomic mass is 10.1. The van der Waals surface area contributed by atoms with Crippen molar-refractivity contribution in [3.05, 3.63) is 17.7 Å². The van der Waals surface area contributed by atoms with Crippen molar-refractivity contribution in [3.8, 4) is 5.75 Å². The lowest BCUT2D eigenvalue weighted by Crippen LogP contribution is -2.38. The summed E-state index contributed by atoms with van der Waals surface area (Å²) >= 11 is 0. The van der Waals surface area contributed by atoms with Gasteiger partial charge in [-0.05, 0) is 32.5 Å². The molecule has 3 N–H and O–H groups in total. The maximum atomic E-state index is 12.5. The topological polar surface area (TPSA) is 102 Å². The van der Waals surface area contributed by atoms with Gasteiger partial charge in [-0.15, -0.1) is 0 Å². The second-order valence-corrected chi connectivity index (χ2v) is 8.23. The van der Waals surface area contributed by atoms with Gasteiger partial charge in [-0.3, -0.25) is 4.79 Å². The zero-order valence-corrected chi connectivity index (χ0v) is 15.1. The van der Waals surface area contributed by atoms with Crippen LogP contribution in [0.4, 0.5) is 5.69 Å². The average Bonchev–Trinajstić information content (AvgIpc) is 2.97. The lowest BCUT2D eigenvalue weighted by Gasteiger charge is -2.20. The van der Waals surface area contributed by atoms with Crippen LogP contribution in [0.15, 0.2) is 17.0 Å². The summed E-state index contributed by atoms with van der Waals surface area (Å²) in [5.41, 5.74) is 6.09. The number of likely N-dealkylation sites (N-methyl/N-ethyl adjacent to an activating group) is 1. The molecule has 0 unspecified atom stereocenters. The minimum Gasteiger partial charge on any atom is -0.496 e. The molecule has 0 aliphatic carbocycles. The van der Waals surface area contributed by atoms with Gasteiger partial charge in [0.15, 0.2) is 9.84 Å². The fourth-order valence-corrected chi connectivity index (χ4v) is 3.92. The molecule has 2 rings (SSSR count). The van der Waals surface area contributed by atoms with E-state index >= 15 is 0 Å². The maximum Gasteiger partial charge on any atom is 0.255 e. The molecule has 0 bridgehead atoms. The Morgan fingerprint density at radius 2 is 2.17 bits per heavy atom. The summed E-state index contributed by atoms with van der Waals surface area (Å²) in [5.74, 6) is -0.184. The third kappa shape index (κ3) is 3.81. The number of rotatable bonds is 6. The van der Waals surface area contributed by atoms with Crippen LogP contribution < -0.4 is 15.8 Å². The van der Waals surface area contributed by atoms with Gasteiger partial charge in [0.25, 0.3) is 5.91 Å². The molecule has 8 heteroatoms. The van der Waals surface area contributed by atoms with Crippen LogP contribution in [0.2, 0.25) is 0 Å². The number of sulfone groups is 1. The number of ether oxygens (including phenoxy) is 1. The number of amides is 1. The van der Waals surface area contributed by atoms with Gasteiger partial charge in [-0.25, -0.2) is 8.42 Å². The van der Waals surface area contributed by atoms with Crippen LogP contribution >= 0.6 is 0 Å². The molecule has 1 saturated heterocycles. The van der Waals surface area contributed by atoms with E-state index in [2.05, 4.69) is 10.2 Å². The highest BCUT2D eigenvalue weighted by atomic mass is 32.2. The van der Waals surface area contributed by atoms with Crippen LogP contribution in [0.25, 0.3) is 0 Å². The number of carbonyl (C=O) groups excluding carboxylic acids is 1. The summed E-state index contributed by atoms with van der Waals surface area (Å²) in [6.45, 7) is 3.07. The van der Waals surface area contributed by atoms with Crippen molar-refractivity contribution in [3.63, 3.8) is 0 Å². The molecule has 1 amide bonds. The summed E-state index contributed by atoms with van der Waals surface area (Å²) in [5, 5.41) is 2.87. The molecule has 1 aliphatic rings. The normalized spacial score (nSPS) is 18.5. The van der Waals surface area contributed by atoms with E-state index in [0.717, 1.165) is 19.4 Å². The number of hydrogen-bond acceptors (Lipinski definition) is 6. The van der Waals surface area contributed by atoms with Gasteiger partial charge in [-0.1, -0.05) is 6.92 Å². The number of anilines is 1. The van der Waals surface area contributed by atoms with Crippen LogP contribution in [-0.4, -0.2) is 58.3 Å². The molecule has 1 aliphatic heterocycles. The number of nitrogen functional groups attached to an aromatic ring is 1. The SMILES string of the molecule is CCS(=O)(=O)c1cc(C(=O)NC[C@H]2CCCN2C)c(OC)cc1N. The summed E-state index contributed by atoms with van der Waals surface area (Å²) in [4.78, 5) is 14.7. The third-order valence-corrected chi connectivity index (χ3v) is 6.25. The number of nitrogens with two attached hydrogens (primary N) is 1. The quantitative estimate of drug-likeness (QED) is 0.735. The van der Waals surface area contributed by atoms with E-state index < -0.39 is 9.84 Å². The predicted octanol–water partition coefficient (Wildman–Crippen LogP) is 0.895. The molecule has 0 spiro atoms. The molecular formula is C16H25N3O4S. The summed E-state index contributed by atoms with van der Waals surface area (Å²) in [6, 6.07) is 2.99. The summed E-state index contributed by atoms with van der Waals surface area (Å²) in [7, 11) is -0.0698. The Morgan fingerprint density at radius 3 is 2.71 bits per heavy atom. The van der Waals surface area contributed by atoms with Crippen molar-refractivity contribution in [2.24, 2.45) is 0 Å². The summed E-state index contributed by atoms with van der Waals surface area (Å²) in [6.07, 6.45) is 2.15. The van der Waals surface area contributed by atoms with Crippen molar-refractivity contribution in [2.45, 2.75) is 30.7 Å². The minimum absolute atomic E-state index is 0.0334. The Bertz CT molecular complexity index is 718. The molecule has 1 aromatic rings. The molecule has 24 heavy (non-hydrogen) atoms. The van der Waals surface area contributed by atoms with Crippen molar-refractivity contribution < 1.29 is 17.9 Å². The first-order chi connectivity index (χ1) is 11.3. The Morgan fingerprint density at radius 1 is 1.46 bits per heavy atom. The molecular weight excluding hydrogens is 330 g/mol. The molecule has 134 valence electrons. The van der Waals surface area contributed by atoms with Gasteiger partial charge in [0.05, 0.1) is 29.0 Å². The number of methoxy groups -OCH3 is 1. The first kappa shape index (κ1) is 18.5. The van der Waals surface area contributed by atoms with Crippen molar-refractivity contribution in [2.75, 3.05) is 38.7 Å². The number of nitrogens with zero attached hydrogens (tertiary/aromatic N) is 1. The van der Waals surface area contributed by atoms with Crippen molar-refractivity contribution in [1.29, 1.82) is 0 Å². The number of hydrogen-bond donors (Lipinski definition) is 2. The lowest BCUT2D eigenvalue weighted by molar-refractivity contribution is 0.0940. The molecule has 7 nitrogen and oxygen atoms in total. The van der Waals surface area contributed by atoms with Gasteiger partial charge < -0.3 is 20.7 Å². The average molecular weight is 355 g/mol. The number of benzene rings is 1. The van der Waals surface area contributed by atoms with E-state index in [1.807, 2.05) is 7.05 Å². The highest BCUT2D eigenvalue weighted by Gasteiger charge is 2.24. The second kappa shape index (κ2) is 7.40. The van der Waals surface area contributed by atoms with Crippen LogP contribution in [0.5, 0.6) is 5.75 Å². The predicted molar refractivity (Wildman–Crippen MR) is 93.1 cm³/mol. The highest BCUT2D eigenvalue weighted by molar-refractivity contribution is 7.91. The molecule has 0 aromatic heterocycles. The minimum atomic E-state index is -3.52. The number of nitrogens with one attached hydrogen (secondary N) is 1. The van der Waals surface area contributed by atoms with Gasteiger partial charge in [-0.2, -0.15) is 0 Å². The monoisotopic (exact) mass is 355 g/mol. The third-order valence-electron chi connectivity index (χ3n) is 4.46. The molecule has 1 aromatic carbocycles. The Labute approximate surface area is 143 Å². The molecule has 1 heterocycles. The van der Waals surface area contributed by atoms with E-state index in [4.69, 9.17) is 10.5 Å². The van der Waals surface area contributed by atoms with E-state index in [9.17, 15) is 13.2 Å². The molecule has 0 radical (unpaired) electrons. The van der Waals surface area contributed by atoms with E-state index in [1.165, 1.54) is 26.2 Å². The van der Waals surface area contributed by atoms with Gasteiger partial charge in [0.2, 0.25) is 0 Å². The molecule has 1 atom stereocenters. The second-order valence-electron chi connectivity index (χ2n) is 5.98. The van der Waals surface area contributed by atoms with Crippen molar-refractivity contribution >= 4 is 21.4 Å². The Hall–Kier alpha value is -1.80. The smallest absolute Gasteiger partial charge is 0.255 e. The molecule has 0 saturated carbocycles. The fourth-order valence-electron chi connectivity index (χ4n) is 2.89. The van der Waals surface area contributed by atoms with E-state index in [-0.39, 0.29) is 33.6 Å². The Balaban J connectivity index is 2.27. The van der Waals surface area contributed by atoms with Crippen molar-refractivity contribution in [1.82, 2.24) is 10.2 Å². The highest BCUT2D eigenvalue weighted by Crippen LogP contribution is 2.29. The van der Waals surface area contributed by atoms with Crippen LogP contribution in [0.1, 0.15) is 30.1 Å². The largest absolute Gasteiger partial charge is 0.496 e. The van der Waals surface area contributed by atoms with Gasteiger partial charge >= 0.3 is 0 Å². The summed E-state index contributed by atoms with van der Waals surface area (Å²) < 4.78 is 29.5. The zero-order chi connectivity index (χ0) is 17.9. The number of carbonyl (C=O) groups is 1.